The summed E-state index contributed by atoms with van der Waals surface area (Å²) in [7, 11) is -3.11. The molecule has 51 heavy (non-hydrogen) atoms. The number of hydrogen-bond donors (Lipinski definition) is 1. The first-order valence-corrected chi connectivity index (χ1v) is 18.1. The van der Waals surface area contributed by atoms with E-state index in [1.54, 1.807) is 48.5 Å². The molecule has 1 heterocycles. The van der Waals surface area contributed by atoms with Crippen LogP contribution in [0.2, 0.25) is 0 Å². The van der Waals surface area contributed by atoms with Gasteiger partial charge in [-0.05, 0) is 84.6 Å². The largest absolute Gasteiger partial charge is 0.497 e. The second-order valence-corrected chi connectivity index (χ2v) is 15.0. The molecule has 4 amide bonds. The Morgan fingerprint density at radius 3 is 2.12 bits per heavy atom. The van der Waals surface area contributed by atoms with E-state index >= 15 is 0 Å². The van der Waals surface area contributed by atoms with Crippen LogP contribution in [0.25, 0.3) is 0 Å². The van der Waals surface area contributed by atoms with Gasteiger partial charge in [0.2, 0.25) is 13.9 Å². The predicted molar refractivity (Wildman–Crippen MR) is 192 cm³/mol. The molecule has 1 N–H and O–H groups in total. The maximum absolute atomic E-state index is 14.1. The van der Waals surface area contributed by atoms with Gasteiger partial charge in [0.15, 0.2) is 0 Å². The second-order valence-electron chi connectivity index (χ2n) is 11.4. The van der Waals surface area contributed by atoms with Crippen molar-refractivity contribution in [2.24, 2.45) is 0 Å². The summed E-state index contributed by atoms with van der Waals surface area (Å²) in [4.78, 5) is 52.5. The van der Waals surface area contributed by atoms with Gasteiger partial charge in [-0.3, -0.25) is 14.9 Å². The SMILES string of the molecule is COc1ccc(S(=O)(=O)C2(CCCC#Cc3cc(NC(=O)OCc4ccccc4)ccc3C)SC(=O)N(C(=O)OCc3ccccc3)C2=O)cc1. The molecule has 1 unspecified atom stereocenters. The summed E-state index contributed by atoms with van der Waals surface area (Å²) in [6.45, 7) is 1.74. The van der Waals surface area contributed by atoms with Gasteiger partial charge < -0.3 is 14.2 Å². The van der Waals surface area contributed by atoms with E-state index in [1.165, 1.54) is 31.4 Å². The fourth-order valence-corrected chi connectivity index (χ4v) is 8.62. The van der Waals surface area contributed by atoms with E-state index in [9.17, 15) is 27.6 Å². The first-order valence-electron chi connectivity index (χ1n) is 15.8. The number of hydrogen-bond acceptors (Lipinski definition) is 10. The minimum absolute atomic E-state index is 0.0874. The first-order chi connectivity index (χ1) is 24.5. The number of anilines is 1. The van der Waals surface area contributed by atoms with Crippen molar-refractivity contribution >= 4 is 50.6 Å². The standard InChI is InChI=1S/C38H34N2O9S2/c1-27-17-18-31(39-35(42)48-25-28-12-6-3-7-13-28)24-30(27)16-10-5-11-23-38(51(45,46)33-21-19-32(47-2)20-22-33)34(41)40(37(44)50-38)36(43)49-26-29-14-8-4-9-15-29/h3-4,6-9,12-15,17-22,24H,5,11,23,25-26H2,1-2H3,(H,39,42). The maximum Gasteiger partial charge on any atom is 0.424 e. The number of carbonyl (C=O) groups is 4. The molecule has 0 aliphatic carbocycles. The Morgan fingerprint density at radius 1 is 0.863 bits per heavy atom. The third kappa shape index (κ3) is 8.60. The quantitative estimate of drug-likeness (QED) is 0.122. The number of aryl methyl sites for hydroxylation is 1. The zero-order valence-electron chi connectivity index (χ0n) is 27.8. The molecule has 0 spiro atoms. The third-order valence-electron chi connectivity index (χ3n) is 7.88. The van der Waals surface area contributed by atoms with Gasteiger partial charge in [0, 0.05) is 17.7 Å². The number of sulfone groups is 1. The van der Waals surface area contributed by atoms with Gasteiger partial charge in [-0.25, -0.2) is 18.0 Å². The van der Waals surface area contributed by atoms with Gasteiger partial charge in [-0.2, -0.15) is 4.90 Å². The molecule has 11 nitrogen and oxygen atoms in total. The summed E-state index contributed by atoms with van der Waals surface area (Å²) in [6, 6.07) is 28.5. The molecule has 262 valence electrons. The van der Waals surface area contributed by atoms with Crippen molar-refractivity contribution in [2.75, 3.05) is 12.4 Å². The van der Waals surface area contributed by atoms with Crippen molar-refractivity contribution in [1.82, 2.24) is 4.90 Å². The van der Waals surface area contributed by atoms with E-state index in [1.807, 2.05) is 37.3 Å². The number of carbonyl (C=O) groups excluding carboxylic acids is 4. The molecular weight excluding hydrogens is 693 g/mol. The summed E-state index contributed by atoms with van der Waals surface area (Å²) < 4.78 is 41.6. The van der Waals surface area contributed by atoms with Gasteiger partial charge in [0.1, 0.15) is 19.0 Å². The van der Waals surface area contributed by atoms with Crippen LogP contribution in [0.3, 0.4) is 0 Å². The van der Waals surface area contributed by atoms with Crippen molar-refractivity contribution in [3.8, 4) is 17.6 Å². The number of amides is 4. The summed E-state index contributed by atoms with van der Waals surface area (Å²) in [6.07, 6.45) is -1.97. The van der Waals surface area contributed by atoms with Gasteiger partial charge in [0.05, 0.1) is 12.0 Å². The maximum atomic E-state index is 14.1. The molecule has 4 aromatic rings. The van der Waals surface area contributed by atoms with Crippen LogP contribution in [0.4, 0.5) is 20.1 Å². The van der Waals surface area contributed by atoms with Crippen molar-refractivity contribution in [3.63, 3.8) is 0 Å². The van der Waals surface area contributed by atoms with Gasteiger partial charge in [0.25, 0.3) is 11.1 Å². The fourth-order valence-electron chi connectivity index (χ4n) is 5.11. The molecule has 1 aliphatic rings. The Hall–Kier alpha value is -5.58. The summed E-state index contributed by atoms with van der Waals surface area (Å²) in [5, 5.41) is 1.63. The van der Waals surface area contributed by atoms with Crippen LogP contribution in [-0.2, 0) is 37.3 Å². The molecule has 1 saturated heterocycles. The summed E-state index contributed by atoms with van der Waals surface area (Å²) >= 11 is 0.275. The Bertz CT molecular complexity index is 2080. The number of thioether (sulfide) groups is 1. The molecule has 0 aromatic heterocycles. The van der Waals surface area contributed by atoms with Gasteiger partial charge in [-0.1, -0.05) is 78.6 Å². The highest BCUT2D eigenvalue weighted by atomic mass is 32.3. The van der Waals surface area contributed by atoms with E-state index in [4.69, 9.17) is 14.2 Å². The number of nitrogens with one attached hydrogen (secondary N) is 1. The number of imide groups is 3. The molecule has 1 aliphatic heterocycles. The molecule has 0 saturated carbocycles. The lowest BCUT2D eigenvalue weighted by Gasteiger charge is -2.25. The number of ether oxygens (including phenoxy) is 3. The molecule has 1 atom stereocenters. The van der Waals surface area contributed by atoms with Crippen LogP contribution in [0.5, 0.6) is 5.75 Å². The lowest BCUT2D eigenvalue weighted by molar-refractivity contribution is -0.126. The number of rotatable bonds is 11. The number of benzene rings is 4. The highest BCUT2D eigenvalue weighted by Crippen LogP contribution is 2.48. The highest BCUT2D eigenvalue weighted by Gasteiger charge is 2.63. The lowest BCUT2D eigenvalue weighted by Crippen LogP contribution is -2.47. The monoisotopic (exact) mass is 726 g/mol. The Balaban J connectivity index is 1.30. The van der Waals surface area contributed by atoms with Crippen LogP contribution in [0.15, 0.2) is 108 Å². The lowest BCUT2D eigenvalue weighted by atomic mass is 10.1. The average molecular weight is 727 g/mol. The smallest absolute Gasteiger partial charge is 0.424 e. The predicted octanol–water partition coefficient (Wildman–Crippen LogP) is 7.48. The zero-order chi connectivity index (χ0) is 36.4. The fraction of sp³-hybridized carbons (Fsp3) is 0.211. The van der Waals surface area contributed by atoms with Crippen molar-refractivity contribution in [2.45, 2.75) is 48.4 Å². The average Bonchev–Trinajstić information content (AvgIpc) is 3.41. The van der Waals surface area contributed by atoms with Crippen LogP contribution in [0.1, 0.15) is 41.5 Å². The van der Waals surface area contributed by atoms with Crippen molar-refractivity contribution in [3.05, 3.63) is 125 Å². The first kappa shape index (κ1) is 36.7. The normalized spacial score (nSPS) is 15.5. The second kappa shape index (κ2) is 16.4. The van der Waals surface area contributed by atoms with Crippen LogP contribution in [0, 0.1) is 18.8 Å². The van der Waals surface area contributed by atoms with E-state index < -0.39 is 37.2 Å². The third-order valence-corrected chi connectivity index (χ3v) is 12.0. The van der Waals surface area contributed by atoms with E-state index in [2.05, 4.69) is 17.2 Å². The Kier molecular flexibility index (Phi) is 11.8. The van der Waals surface area contributed by atoms with Gasteiger partial charge >= 0.3 is 12.2 Å². The van der Waals surface area contributed by atoms with E-state index in [-0.39, 0.29) is 54.0 Å². The van der Waals surface area contributed by atoms with Crippen LogP contribution >= 0.6 is 11.8 Å². The molecule has 5 rings (SSSR count). The highest BCUT2D eigenvalue weighted by molar-refractivity contribution is 8.25. The molecular formula is C38H34N2O9S2. The number of nitrogens with zero attached hydrogens (tertiary/aromatic N) is 1. The minimum Gasteiger partial charge on any atom is -0.497 e. The molecule has 1 fully saturated rings. The summed E-state index contributed by atoms with van der Waals surface area (Å²) in [5.74, 6) is 5.23. The van der Waals surface area contributed by atoms with Crippen LogP contribution < -0.4 is 10.1 Å². The van der Waals surface area contributed by atoms with Crippen LogP contribution in [-0.4, -0.2) is 47.8 Å². The van der Waals surface area contributed by atoms with E-state index in [0.29, 0.717) is 22.6 Å². The van der Waals surface area contributed by atoms with Gasteiger partial charge in [-0.15, -0.1) is 0 Å². The number of methoxy groups -OCH3 is 1. The van der Waals surface area contributed by atoms with Crippen molar-refractivity contribution < 1.29 is 41.8 Å². The van der Waals surface area contributed by atoms with Crippen molar-refractivity contribution in [1.29, 1.82) is 0 Å². The Labute approximate surface area is 300 Å². The van der Waals surface area contributed by atoms with E-state index in [0.717, 1.165) is 11.1 Å². The minimum atomic E-state index is -4.54. The summed E-state index contributed by atoms with van der Waals surface area (Å²) in [5.41, 5.74) is 3.39. The number of unbranched alkanes of at least 4 members (excludes halogenated alkanes) is 1. The molecule has 4 aromatic carbocycles. The molecule has 13 heteroatoms. The molecule has 0 bridgehead atoms. The topological polar surface area (TPSA) is 145 Å². The zero-order valence-corrected chi connectivity index (χ0v) is 29.4. The molecule has 0 radical (unpaired) electrons. The Morgan fingerprint density at radius 2 is 1.49 bits per heavy atom.